The molecular weight excluding hydrogens is 354 g/mol. The summed E-state index contributed by atoms with van der Waals surface area (Å²) in [4.78, 5) is 9.89. The fourth-order valence-corrected chi connectivity index (χ4v) is 5.84. The molecule has 1 aliphatic rings. The predicted molar refractivity (Wildman–Crippen MR) is 122 cm³/mol. The van der Waals surface area contributed by atoms with Crippen molar-refractivity contribution < 1.29 is 0 Å². The summed E-state index contributed by atoms with van der Waals surface area (Å²) in [6.07, 6.45) is 5.37. The summed E-state index contributed by atoms with van der Waals surface area (Å²) < 4.78 is 2.27. The summed E-state index contributed by atoms with van der Waals surface area (Å²) >= 11 is 0. The average Bonchev–Trinajstić information content (AvgIpc) is 3.06. The van der Waals surface area contributed by atoms with E-state index < -0.39 is 0 Å². The molecule has 0 saturated carbocycles. The van der Waals surface area contributed by atoms with Crippen LogP contribution in [0.2, 0.25) is 0 Å². The van der Waals surface area contributed by atoms with Crippen LogP contribution in [0.3, 0.4) is 0 Å². The Kier molecular flexibility index (Phi) is 3.45. The summed E-state index contributed by atoms with van der Waals surface area (Å²) in [6, 6.07) is 6.78. The molecule has 0 radical (unpaired) electrons. The number of rotatable bonds is 0. The van der Waals surface area contributed by atoms with Crippen molar-refractivity contribution in [1.82, 2.24) is 14.4 Å². The van der Waals surface area contributed by atoms with Crippen LogP contribution in [0.25, 0.3) is 27.5 Å². The molecule has 3 heteroatoms. The minimum Gasteiger partial charge on any atom is -0.299 e. The number of aryl methyl sites for hydroxylation is 1. The highest BCUT2D eigenvalue weighted by Gasteiger charge is 2.43. The standard InChI is InChI=1S/C26H31N3/c1-15-21-18(25(5,6)14-26(21,7)8)12-19-22(15)29-10-9-16-11-20(24(2,3)4)27-13-17(16)23(29)28-19/h9-13H,14H2,1-8H3. The maximum absolute atomic E-state index is 5.11. The van der Waals surface area contributed by atoms with Crippen molar-refractivity contribution in [2.24, 2.45) is 0 Å². The van der Waals surface area contributed by atoms with E-state index in [-0.39, 0.29) is 16.2 Å². The zero-order valence-corrected chi connectivity index (χ0v) is 18.9. The second-order valence-corrected chi connectivity index (χ2v) is 11.3. The normalized spacial score (nSPS) is 18.1. The zero-order chi connectivity index (χ0) is 20.9. The van der Waals surface area contributed by atoms with Crippen LogP contribution >= 0.6 is 0 Å². The monoisotopic (exact) mass is 385 g/mol. The third-order valence-electron chi connectivity index (χ3n) is 6.86. The highest BCUT2D eigenvalue weighted by atomic mass is 15.0. The highest BCUT2D eigenvalue weighted by Crippen LogP contribution is 2.52. The Balaban J connectivity index is 1.87. The van der Waals surface area contributed by atoms with Crippen molar-refractivity contribution in [3.05, 3.63) is 53.0 Å². The zero-order valence-electron chi connectivity index (χ0n) is 18.9. The van der Waals surface area contributed by atoms with Crippen LogP contribution in [0.15, 0.2) is 30.6 Å². The SMILES string of the molecule is Cc1c2c(cc3nc4c5cnc(C(C)(C)C)cc5ccn4c13)C(C)(C)CC2(C)C. The van der Waals surface area contributed by atoms with Crippen molar-refractivity contribution in [2.75, 3.05) is 0 Å². The number of hydrogen-bond acceptors (Lipinski definition) is 2. The lowest BCUT2D eigenvalue weighted by Crippen LogP contribution is -2.18. The minimum atomic E-state index is 0.0367. The summed E-state index contributed by atoms with van der Waals surface area (Å²) in [5.74, 6) is 0. The first-order valence-corrected chi connectivity index (χ1v) is 10.7. The van der Waals surface area contributed by atoms with Crippen LogP contribution in [0.5, 0.6) is 0 Å². The van der Waals surface area contributed by atoms with Gasteiger partial charge in [0.1, 0.15) is 5.65 Å². The molecule has 3 nitrogen and oxygen atoms in total. The molecule has 0 fully saturated rings. The minimum absolute atomic E-state index is 0.0367. The number of aromatic nitrogens is 3. The average molecular weight is 386 g/mol. The molecule has 4 aromatic rings. The Morgan fingerprint density at radius 2 is 1.76 bits per heavy atom. The maximum atomic E-state index is 5.11. The number of imidazole rings is 1. The van der Waals surface area contributed by atoms with Gasteiger partial charge in [0.2, 0.25) is 0 Å². The van der Waals surface area contributed by atoms with E-state index in [9.17, 15) is 0 Å². The van der Waals surface area contributed by atoms with Crippen LogP contribution in [-0.4, -0.2) is 14.4 Å². The third-order valence-corrected chi connectivity index (χ3v) is 6.86. The Hall–Kier alpha value is -2.42. The molecule has 0 N–H and O–H groups in total. The van der Waals surface area contributed by atoms with Crippen LogP contribution in [0.4, 0.5) is 0 Å². The molecule has 0 bridgehead atoms. The van der Waals surface area contributed by atoms with Crippen molar-refractivity contribution in [2.45, 2.75) is 78.1 Å². The van der Waals surface area contributed by atoms with E-state index in [2.05, 4.69) is 84.2 Å². The molecule has 3 heterocycles. The first-order valence-electron chi connectivity index (χ1n) is 10.7. The molecule has 1 aliphatic carbocycles. The van der Waals surface area contributed by atoms with E-state index >= 15 is 0 Å². The number of pyridine rings is 2. The van der Waals surface area contributed by atoms with Crippen molar-refractivity contribution >= 4 is 27.5 Å². The van der Waals surface area contributed by atoms with Gasteiger partial charge in [-0.05, 0) is 64.5 Å². The Bertz CT molecular complexity index is 1310. The number of fused-ring (bicyclic) bond motifs is 6. The van der Waals surface area contributed by atoms with E-state index in [0.717, 1.165) is 22.2 Å². The number of hydrogen-bond donors (Lipinski definition) is 0. The van der Waals surface area contributed by atoms with Gasteiger partial charge in [0.25, 0.3) is 0 Å². The molecule has 150 valence electrons. The van der Waals surface area contributed by atoms with E-state index in [4.69, 9.17) is 9.97 Å². The molecule has 0 aliphatic heterocycles. The topological polar surface area (TPSA) is 30.2 Å². The summed E-state index contributed by atoms with van der Waals surface area (Å²) in [6.45, 7) is 18.4. The van der Waals surface area contributed by atoms with Crippen LogP contribution < -0.4 is 0 Å². The van der Waals surface area contributed by atoms with Gasteiger partial charge in [-0.25, -0.2) is 4.98 Å². The Morgan fingerprint density at radius 1 is 1.03 bits per heavy atom. The van der Waals surface area contributed by atoms with Gasteiger partial charge >= 0.3 is 0 Å². The van der Waals surface area contributed by atoms with Crippen LogP contribution in [0.1, 0.15) is 77.3 Å². The molecule has 3 aromatic heterocycles. The van der Waals surface area contributed by atoms with E-state index in [1.54, 1.807) is 0 Å². The van der Waals surface area contributed by atoms with Crippen molar-refractivity contribution in [3.63, 3.8) is 0 Å². The van der Waals surface area contributed by atoms with Crippen molar-refractivity contribution in [1.29, 1.82) is 0 Å². The van der Waals surface area contributed by atoms with Gasteiger partial charge in [-0.15, -0.1) is 0 Å². The number of benzene rings is 1. The van der Waals surface area contributed by atoms with Crippen LogP contribution in [0, 0.1) is 6.92 Å². The van der Waals surface area contributed by atoms with E-state index in [0.29, 0.717) is 0 Å². The second kappa shape index (κ2) is 5.38. The molecule has 5 rings (SSSR count). The second-order valence-electron chi connectivity index (χ2n) is 11.3. The molecule has 1 aromatic carbocycles. The van der Waals surface area contributed by atoms with E-state index in [1.807, 2.05) is 6.20 Å². The summed E-state index contributed by atoms with van der Waals surface area (Å²) in [5.41, 5.74) is 9.21. The molecular formula is C26H31N3. The quantitative estimate of drug-likeness (QED) is 0.341. The third kappa shape index (κ3) is 2.49. The first kappa shape index (κ1) is 18.6. The summed E-state index contributed by atoms with van der Waals surface area (Å²) in [5, 5.41) is 2.33. The Labute approximate surface area is 173 Å². The van der Waals surface area contributed by atoms with Gasteiger partial charge in [0.15, 0.2) is 0 Å². The fraction of sp³-hybridized carbons (Fsp3) is 0.462. The maximum Gasteiger partial charge on any atom is 0.147 e. The highest BCUT2D eigenvalue weighted by molar-refractivity contribution is 5.99. The van der Waals surface area contributed by atoms with Gasteiger partial charge in [0, 0.05) is 28.9 Å². The van der Waals surface area contributed by atoms with Crippen molar-refractivity contribution in [3.8, 4) is 0 Å². The largest absolute Gasteiger partial charge is 0.299 e. The lowest BCUT2D eigenvalue weighted by molar-refractivity contribution is 0.402. The van der Waals surface area contributed by atoms with Gasteiger partial charge in [-0.3, -0.25) is 9.38 Å². The lowest BCUT2D eigenvalue weighted by Gasteiger charge is -2.23. The predicted octanol–water partition coefficient (Wildman–Crippen LogP) is 6.60. The van der Waals surface area contributed by atoms with Gasteiger partial charge < -0.3 is 0 Å². The lowest BCUT2D eigenvalue weighted by atomic mass is 9.81. The first-order chi connectivity index (χ1) is 13.4. The molecule has 0 atom stereocenters. The molecule has 0 amide bonds. The smallest absolute Gasteiger partial charge is 0.147 e. The number of nitrogens with zero attached hydrogens (tertiary/aromatic N) is 3. The summed E-state index contributed by atoms with van der Waals surface area (Å²) in [7, 11) is 0. The Morgan fingerprint density at radius 3 is 2.45 bits per heavy atom. The molecule has 0 spiro atoms. The van der Waals surface area contributed by atoms with Crippen LogP contribution in [-0.2, 0) is 16.2 Å². The van der Waals surface area contributed by atoms with Gasteiger partial charge in [0.05, 0.1) is 11.0 Å². The van der Waals surface area contributed by atoms with Gasteiger partial charge in [-0.2, -0.15) is 0 Å². The van der Waals surface area contributed by atoms with E-state index in [1.165, 1.54) is 34.0 Å². The molecule has 0 unspecified atom stereocenters. The fourth-order valence-electron chi connectivity index (χ4n) is 5.84. The molecule has 0 saturated heterocycles. The van der Waals surface area contributed by atoms with Gasteiger partial charge in [-0.1, -0.05) is 48.5 Å². The molecule has 29 heavy (non-hydrogen) atoms.